The Morgan fingerprint density at radius 1 is 1.12 bits per heavy atom. The third-order valence-electron chi connectivity index (χ3n) is 3.39. The highest BCUT2D eigenvalue weighted by atomic mass is 35.5. The standard InChI is InChI=1S/C18H18Cl2N2O4/c1-11(18(23)22-15-6-5-13(19)9-14(15)20)26-21-10-12-4-7-16(24-2)17(8-12)25-3/h4-11H,1-3H3,(H,22,23)/b21-10-/t11-/m1/s1. The maximum Gasteiger partial charge on any atom is 0.268 e. The van der Waals surface area contributed by atoms with Crippen molar-refractivity contribution in [2.75, 3.05) is 19.5 Å². The van der Waals surface area contributed by atoms with Crippen molar-refractivity contribution >= 4 is 41.0 Å². The van der Waals surface area contributed by atoms with Gasteiger partial charge in [-0.1, -0.05) is 28.4 Å². The highest BCUT2D eigenvalue weighted by Gasteiger charge is 2.15. The molecular weight excluding hydrogens is 379 g/mol. The van der Waals surface area contributed by atoms with Crippen LogP contribution < -0.4 is 14.8 Å². The van der Waals surface area contributed by atoms with Crippen LogP contribution in [0, 0.1) is 0 Å². The highest BCUT2D eigenvalue weighted by molar-refractivity contribution is 6.36. The van der Waals surface area contributed by atoms with E-state index in [0.29, 0.717) is 27.2 Å². The minimum Gasteiger partial charge on any atom is -0.493 e. The number of nitrogens with one attached hydrogen (secondary N) is 1. The van der Waals surface area contributed by atoms with Gasteiger partial charge in [0.05, 0.1) is 31.1 Å². The van der Waals surface area contributed by atoms with Crippen molar-refractivity contribution < 1.29 is 19.1 Å². The number of ether oxygens (including phenoxy) is 2. The predicted molar refractivity (Wildman–Crippen MR) is 103 cm³/mol. The number of benzene rings is 2. The number of carbonyl (C=O) groups is 1. The van der Waals surface area contributed by atoms with Crippen LogP contribution in [-0.2, 0) is 9.63 Å². The van der Waals surface area contributed by atoms with Crippen molar-refractivity contribution in [1.29, 1.82) is 0 Å². The van der Waals surface area contributed by atoms with Gasteiger partial charge in [-0.25, -0.2) is 0 Å². The summed E-state index contributed by atoms with van der Waals surface area (Å²) in [5, 5.41) is 7.31. The number of carbonyl (C=O) groups excluding carboxylic acids is 1. The molecule has 0 bridgehead atoms. The fraction of sp³-hybridized carbons (Fsp3) is 0.222. The molecule has 0 aliphatic carbocycles. The number of amides is 1. The fourth-order valence-electron chi connectivity index (χ4n) is 1.99. The van der Waals surface area contributed by atoms with E-state index >= 15 is 0 Å². The molecule has 138 valence electrons. The van der Waals surface area contributed by atoms with E-state index in [1.165, 1.54) is 6.21 Å². The number of anilines is 1. The number of nitrogens with zero attached hydrogens (tertiary/aromatic N) is 1. The third-order valence-corrected chi connectivity index (χ3v) is 3.93. The molecule has 1 atom stereocenters. The van der Waals surface area contributed by atoms with Gasteiger partial charge < -0.3 is 19.6 Å². The SMILES string of the molecule is COc1ccc(/C=N\O[C@H](C)C(=O)Nc2ccc(Cl)cc2Cl)cc1OC. The van der Waals surface area contributed by atoms with Crippen molar-refractivity contribution in [1.82, 2.24) is 0 Å². The first-order chi connectivity index (χ1) is 12.4. The normalized spacial score (nSPS) is 11.9. The summed E-state index contributed by atoms with van der Waals surface area (Å²) in [6.07, 6.45) is 0.652. The molecule has 0 unspecified atom stereocenters. The second-order valence-corrected chi connectivity index (χ2v) is 6.05. The monoisotopic (exact) mass is 396 g/mol. The topological polar surface area (TPSA) is 69.2 Å². The Morgan fingerprint density at radius 2 is 1.85 bits per heavy atom. The van der Waals surface area contributed by atoms with Gasteiger partial charge in [0, 0.05) is 10.6 Å². The number of halogens is 2. The molecule has 2 rings (SSSR count). The summed E-state index contributed by atoms with van der Waals surface area (Å²) in [5.74, 6) is 0.788. The van der Waals surface area contributed by atoms with Gasteiger partial charge in [0.25, 0.3) is 5.91 Å². The van der Waals surface area contributed by atoms with E-state index in [0.717, 1.165) is 5.56 Å². The lowest BCUT2D eigenvalue weighted by Crippen LogP contribution is -2.26. The molecule has 0 saturated carbocycles. The summed E-state index contributed by atoms with van der Waals surface area (Å²) < 4.78 is 10.4. The Kier molecular flexibility index (Phi) is 7.12. The summed E-state index contributed by atoms with van der Waals surface area (Å²) in [6.45, 7) is 1.57. The molecule has 0 saturated heterocycles. The van der Waals surface area contributed by atoms with Gasteiger partial charge in [-0.3, -0.25) is 4.79 Å². The van der Waals surface area contributed by atoms with E-state index in [2.05, 4.69) is 10.5 Å². The molecule has 0 radical (unpaired) electrons. The lowest BCUT2D eigenvalue weighted by molar-refractivity contribution is -0.126. The Labute approximate surface area is 161 Å². The van der Waals surface area contributed by atoms with Crippen LogP contribution in [0.2, 0.25) is 10.0 Å². The minimum absolute atomic E-state index is 0.340. The smallest absolute Gasteiger partial charge is 0.268 e. The van der Waals surface area contributed by atoms with E-state index in [-0.39, 0.29) is 0 Å². The van der Waals surface area contributed by atoms with Crippen molar-refractivity contribution in [2.24, 2.45) is 5.16 Å². The largest absolute Gasteiger partial charge is 0.493 e. The molecule has 0 aliphatic rings. The van der Waals surface area contributed by atoms with Crippen molar-refractivity contribution in [2.45, 2.75) is 13.0 Å². The fourth-order valence-corrected chi connectivity index (χ4v) is 2.44. The Bertz CT molecular complexity index is 812. The average Bonchev–Trinajstić information content (AvgIpc) is 2.63. The zero-order valence-corrected chi connectivity index (χ0v) is 16.0. The lowest BCUT2D eigenvalue weighted by Gasteiger charge is -2.12. The summed E-state index contributed by atoms with van der Waals surface area (Å²) in [6, 6.07) is 10.1. The number of hydrogen-bond donors (Lipinski definition) is 1. The summed E-state index contributed by atoms with van der Waals surface area (Å²) in [4.78, 5) is 17.3. The number of methoxy groups -OCH3 is 2. The summed E-state index contributed by atoms with van der Waals surface area (Å²) >= 11 is 11.8. The maximum atomic E-state index is 12.1. The summed E-state index contributed by atoms with van der Waals surface area (Å²) in [7, 11) is 3.10. The number of oxime groups is 1. The highest BCUT2D eigenvalue weighted by Crippen LogP contribution is 2.27. The first-order valence-corrected chi connectivity index (χ1v) is 8.37. The first-order valence-electron chi connectivity index (χ1n) is 7.61. The molecule has 0 heterocycles. The van der Waals surface area contributed by atoms with E-state index < -0.39 is 12.0 Å². The molecule has 0 fully saturated rings. The third kappa shape index (κ3) is 5.28. The van der Waals surface area contributed by atoms with Crippen LogP contribution in [0.4, 0.5) is 5.69 Å². The molecule has 0 aromatic heterocycles. The number of rotatable bonds is 7. The Balaban J connectivity index is 1.95. The van der Waals surface area contributed by atoms with E-state index in [4.69, 9.17) is 37.5 Å². The second kappa shape index (κ2) is 9.31. The van der Waals surface area contributed by atoms with Gasteiger partial charge >= 0.3 is 0 Å². The molecular formula is C18H18Cl2N2O4. The van der Waals surface area contributed by atoms with Gasteiger partial charge in [-0.15, -0.1) is 0 Å². The molecule has 6 nitrogen and oxygen atoms in total. The van der Waals surface area contributed by atoms with Crippen molar-refractivity contribution in [3.63, 3.8) is 0 Å². The van der Waals surface area contributed by atoms with Gasteiger partial charge in [0.15, 0.2) is 11.5 Å². The van der Waals surface area contributed by atoms with Crippen molar-refractivity contribution in [3.8, 4) is 11.5 Å². The van der Waals surface area contributed by atoms with E-state index in [9.17, 15) is 4.79 Å². The van der Waals surface area contributed by atoms with Crippen LogP contribution in [-0.4, -0.2) is 32.4 Å². The predicted octanol–water partition coefficient (Wildman–Crippen LogP) is 4.39. The van der Waals surface area contributed by atoms with E-state index in [1.54, 1.807) is 57.5 Å². The zero-order valence-electron chi connectivity index (χ0n) is 14.5. The van der Waals surface area contributed by atoms with Crippen molar-refractivity contribution in [3.05, 3.63) is 52.0 Å². The summed E-state index contributed by atoms with van der Waals surface area (Å²) in [5.41, 5.74) is 1.18. The van der Waals surface area contributed by atoms with Crippen LogP contribution in [0.5, 0.6) is 11.5 Å². The molecule has 0 spiro atoms. The molecule has 1 amide bonds. The van der Waals surface area contributed by atoms with Gasteiger partial charge in [-0.2, -0.15) is 0 Å². The molecule has 2 aromatic rings. The molecule has 8 heteroatoms. The number of hydrogen-bond acceptors (Lipinski definition) is 5. The molecule has 0 aliphatic heterocycles. The zero-order chi connectivity index (χ0) is 19.1. The van der Waals surface area contributed by atoms with Crippen LogP contribution in [0.15, 0.2) is 41.6 Å². The van der Waals surface area contributed by atoms with Gasteiger partial charge in [0.1, 0.15) is 0 Å². The molecule has 26 heavy (non-hydrogen) atoms. The Hall–Kier alpha value is -2.44. The van der Waals surface area contributed by atoms with Crippen LogP contribution in [0.3, 0.4) is 0 Å². The lowest BCUT2D eigenvalue weighted by atomic mass is 10.2. The van der Waals surface area contributed by atoms with Gasteiger partial charge in [0.2, 0.25) is 6.10 Å². The Morgan fingerprint density at radius 3 is 2.50 bits per heavy atom. The molecule has 2 aromatic carbocycles. The first kappa shape index (κ1) is 19.9. The molecule has 1 N–H and O–H groups in total. The van der Waals surface area contributed by atoms with Crippen LogP contribution in [0.1, 0.15) is 12.5 Å². The minimum atomic E-state index is -0.821. The quantitative estimate of drug-likeness (QED) is 0.556. The maximum absolute atomic E-state index is 12.1. The van der Waals surface area contributed by atoms with Crippen LogP contribution >= 0.6 is 23.2 Å². The average molecular weight is 397 g/mol. The van der Waals surface area contributed by atoms with E-state index in [1.807, 2.05) is 0 Å². The van der Waals surface area contributed by atoms with Crippen LogP contribution in [0.25, 0.3) is 0 Å². The van der Waals surface area contributed by atoms with Gasteiger partial charge in [-0.05, 0) is 43.3 Å². The second-order valence-electron chi connectivity index (χ2n) is 5.21.